The average molecular weight is 386 g/mol. The van der Waals surface area contributed by atoms with Gasteiger partial charge in [-0.2, -0.15) is 0 Å². The van der Waals surface area contributed by atoms with E-state index in [-0.39, 0.29) is 5.92 Å². The van der Waals surface area contributed by atoms with Crippen molar-refractivity contribution < 1.29 is 14.3 Å². The second-order valence-corrected chi connectivity index (χ2v) is 7.41. The van der Waals surface area contributed by atoms with E-state index in [0.29, 0.717) is 18.3 Å². The van der Waals surface area contributed by atoms with Crippen LogP contribution >= 0.6 is 0 Å². The molecule has 0 spiro atoms. The van der Waals surface area contributed by atoms with Gasteiger partial charge in [0.15, 0.2) is 0 Å². The zero-order valence-electron chi connectivity index (χ0n) is 15.9. The lowest BCUT2D eigenvalue weighted by Gasteiger charge is -2.27. The molecule has 5 heteroatoms. The molecule has 0 unspecified atom stereocenters. The van der Waals surface area contributed by atoms with Gasteiger partial charge in [0.2, 0.25) is 0 Å². The summed E-state index contributed by atoms with van der Waals surface area (Å²) in [5.74, 6) is 0.0596. The van der Waals surface area contributed by atoms with Crippen LogP contribution in [0.25, 0.3) is 11.1 Å². The molecule has 1 aliphatic heterocycles. The predicted molar refractivity (Wildman–Crippen MR) is 113 cm³/mol. The number of carbonyl (C=O) groups excluding carboxylic acids is 1. The lowest BCUT2D eigenvalue weighted by Crippen LogP contribution is -2.40. The lowest BCUT2D eigenvalue weighted by molar-refractivity contribution is 0.0211. The van der Waals surface area contributed by atoms with Crippen molar-refractivity contribution in [3.63, 3.8) is 0 Å². The van der Waals surface area contributed by atoms with Crippen molar-refractivity contribution >= 4 is 17.5 Å². The Morgan fingerprint density at radius 2 is 1.45 bits per heavy atom. The Kier molecular flexibility index (Phi) is 4.66. The number of nitrogens with one attached hydrogen (secondary N) is 2. The van der Waals surface area contributed by atoms with Gasteiger partial charge < -0.3 is 14.8 Å². The molecule has 3 aromatic rings. The maximum atomic E-state index is 12.3. The first kappa shape index (κ1) is 17.8. The molecule has 1 amide bonds. The van der Waals surface area contributed by atoms with Crippen molar-refractivity contribution in [2.24, 2.45) is 0 Å². The van der Waals surface area contributed by atoms with Gasteiger partial charge in [0, 0.05) is 17.3 Å². The van der Waals surface area contributed by atoms with Crippen LogP contribution in [0.15, 0.2) is 72.8 Å². The molecule has 2 N–H and O–H groups in total. The average Bonchev–Trinajstić information content (AvgIpc) is 3.04. The smallest absolute Gasteiger partial charge is 0.411 e. The topological polar surface area (TPSA) is 59.6 Å². The molecule has 29 heavy (non-hydrogen) atoms. The molecule has 5 nitrogen and oxygen atoms in total. The molecule has 0 atom stereocenters. The van der Waals surface area contributed by atoms with E-state index in [4.69, 9.17) is 9.47 Å². The van der Waals surface area contributed by atoms with Crippen molar-refractivity contribution in [3.8, 4) is 11.1 Å². The summed E-state index contributed by atoms with van der Waals surface area (Å²) in [6, 6.07) is 24.6. The Morgan fingerprint density at radius 3 is 2.03 bits per heavy atom. The summed E-state index contributed by atoms with van der Waals surface area (Å²) in [5, 5.41) is 6.18. The van der Waals surface area contributed by atoms with Crippen LogP contribution in [-0.2, 0) is 9.47 Å². The number of rotatable bonds is 5. The van der Waals surface area contributed by atoms with E-state index in [1.807, 2.05) is 48.5 Å². The molecule has 0 saturated carbocycles. The van der Waals surface area contributed by atoms with Crippen molar-refractivity contribution in [2.45, 2.75) is 12.0 Å². The molecule has 5 rings (SSSR count). The van der Waals surface area contributed by atoms with E-state index in [9.17, 15) is 4.79 Å². The number of carbonyl (C=O) groups is 1. The minimum atomic E-state index is -0.444. The number of fused-ring (bicyclic) bond motifs is 3. The Bertz CT molecular complexity index is 983. The highest BCUT2D eigenvalue weighted by Crippen LogP contribution is 2.44. The fourth-order valence-electron chi connectivity index (χ4n) is 3.96. The van der Waals surface area contributed by atoms with Gasteiger partial charge in [0.25, 0.3) is 0 Å². The highest BCUT2D eigenvalue weighted by atomic mass is 16.5. The highest BCUT2D eigenvalue weighted by molar-refractivity contribution is 5.85. The summed E-state index contributed by atoms with van der Waals surface area (Å²) in [7, 11) is 0. The molecular formula is C24H22N2O3. The van der Waals surface area contributed by atoms with Crippen LogP contribution in [0.1, 0.15) is 17.0 Å². The summed E-state index contributed by atoms with van der Waals surface area (Å²) >= 11 is 0. The maximum absolute atomic E-state index is 12.3. The molecular weight excluding hydrogens is 364 g/mol. The van der Waals surface area contributed by atoms with E-state index in [0.717, 1.165) is 18.9 Å². The van der Waals surface area contributed by atoms with Crippen molar-refractivity contribution in [1.29, 1.82) is 0 Å². The van der Waals surface area contributed by atoms with E-state index in [2.05, 4.69) is 34.9 Å². The molecule has 2 aliphatic rings. The van der Waals surface area contributed by atoms with Gasteiger partial charge in [-0.25, -0.2) is 4.79 Å². The van der Waals surface area contributed by atoms with Gasteiger partial charge >= 0.3 is 6.09 Å². The number of amides is 1. The van der Waals surface area contributed by atoms with E-state index >= 15 is 0 Å². The Balaban J connectivity index is 1.22. The van der Waals surface area contributed by atoms with Gasteiger partial charge in [0.05, 0.1) is 19.3 Å². The minimum Gasteiger partial charge on any atom is -0.448 e. The second kappa shape index (κ2) is 7.60. The molecule has 1 aliphatic carbocycles. The standard InChI is InChI=1S/C24H22N2O3/c27-24(26-17-11-9-16(10-12-17)25-18-13-28-14-18)29-15-23-21-7-3-1-5-19(21)20-6-2-4-8-22(20)23/h1-12,18,23,25H,13-15H2,(H,26,27). The molecule has 146 valence electrons. The van der Waals surface area contributed by atoms with Crippen LogP contribution in [0.4, 0.5) is 16.2 Å². The first-order chi connectivity index (χ1) is 14.3. The monoisotopic (exact) mass is 386 g/mol. The van der Waals surface area contributed by atoms with Gasteiger partial charge in [-0.3, -0.25) is 5.32 Å². The lowest BCUT2D eigenvalue weighted by atomic mass is 9.98. The van der Waals surface area contributed by atoms with Crippen LogP contribution < -0.4 is 10.6 Å². The van der Waals surface area contributed by atoms with Gasteiger partial charge in [-0.1, -0.05) is 48.5 Å². The van der Waals surface area contributed by atoms with Crippen molar-refractivity contribution in [2.75, 3.05) is 30.5 Å². The fourth-order valence-corrected chi connectivity index (χ4v) is 3.96. The number of benzene rings is 3. The molecule has 0 bridgehead atoms. The van der Waals surface area contributed by atoms with Crippen LogP contribution in [0, 0.1) is 0 Å². The summed E-state index contributed by atoms with van der Waals surface area (Å²) in [6.45, 7) is 1.78. The predicted octanol–water partition coefficient (Wildman–Crippen LogP) is 4.86. The SMILES string of the molecule is O=C(Nc1ccc(NC2COC2)cc1)OCC1c2ccccc2-c2ccccc21. The third-order valence-electron chi connectivity index (χ3n) is 5.48. The molecule has 3 aromatic carbocycles. The van der Waals surface area contributed by atoms with E-state index in [1.54, 1.807) is 0 Å². The minimum absolute atomic E-state index is 0.0596. The van der Waals surface area contributed by atoms with Gasteiger partial charge in [-0.05, 0) is 46.5 Å². The maximum Gasteiger partial charge on any atom is 0.411 e. The second-order valence-electron chi connectivity index (χ2n) is 7.41. The molecule has 1 heterocycles. The van der Waals surface area contributed by atoms with Crippen molar-refractivity contribution in [1.82, 2.24) is 0 Å². The Morgan fingerprint density at radius 1 is 0.862 bits per heavy atom. The zero-order chi connectivity index (χ0) is 19.6. The first-order valence-electron chi connectivity index (χ1n) is 9.84. The third-order valence-corrected chi connectivity index (χ3v) is 5.48. The number of anilines is 2. The zero-order valence-corrected chi connectivity index (χ0v) is 15.9. The Hall–Kier alpha value is -3.31. The summed E-state index contributed by atoms with van der Waals surface area (Å²) in [5.41, 5.74) is 6.57. The number of ether oxygens (including phenoxy) is 2. The summed E-state index contributed by atoms with van der Waals surface area (Å²) < 4.78 is 10.7. The van der Waals surface area contributed by atoms with E-state index < -0.39 is 6.09 Å². The van der Waals surface area contributed by atoms with Crippen LogP contribution in [-0.4, -0.2) is 32.0 Å². The van der Waals surface area contributed by atoms with Gasteiger partial charge in [-0.15, -0.1) is 0 Å². The van der Waals surface area contributed by atoms with E-state index in [1.165, 1.54) is 22.3 Å². The molecule has 1 fully saturated rings. The summed E-state index contributed by atoms with van der Waals surface area (Å²) in [6.07, 6.45) is -0.444. The first-order valence-corrected chi connectivity index (χ1v) is 9.84. The van der Waals surface area contributed by atoms with Crippen LogP contribution in [0.5, 0.6) is 0 Å². The number of hydrogen-bond acceptors (Lipinski definition) is 4. The van der Waals surface area contributed by atoms with Gasteiger partial charge in [0.1, 0.15) is 6.61 Å². The molecule has 1 saturated heterocycles. The summed E-state index contributed by atoms with van der Waals surface area (Å²) in [4.78, 5) is 12.3. The largest absolute Gasteiger partial charge is 0.448 e. The molecule has 0 radical (unpaired) electrons. The molecule has 0 aromatic heterocycles. The van der Waals surface area contributed by atoms with Crippen molar-refractivity contribution in [3.05, 3.63) is 83.9 Å². The Labute approximate surface area is 169 Å². The highest BCUT2D eigenvalue weighted by Gasteiger charge is 2.29. The van der Waals surface area contributed by atoms with Crippen LogP contribution in [0.2, 0.25) is 0 Å². The van der Waals surface area contributed by atoms with Crippen LogP contribution in [0.3, 0.4) is 0 Å². The normalized spacial score (nSPS) is 15.2. The number of hydrogen-bond donors (Lipinski definition) is 2. The quantitative estimate of drug-likeness (QED) is 0.658. The third kappa shape index (κ3) is 3.57. The fraction of sp³-hybridized carbons (Fsp3) is 0.208.